The zero-order valence-electron chi connectivity index (χ0n) is 14.9. The first-order chi connectivity index (χ1) is 10.7. The second-order valence-corrected chi connectivity index (χ2v) is 8.89. The monoisotopic (exact) mass is 332 g/mol. The molecule has 1 atom stereocenters. The average Bonchev–Trinajstić information content (AvgIpc) is 2.54. The van der Waals surface area contributed by atoms with Crippen molar-refractivity contribution in [2.24, 2.45) is 5.92 Å². The fourth-order valence-electron chi connectivity index (χ4n) is 3.08. The van der Waals surface area contributed by atoms with Gasteiger partial charge in [-0.2, -0.15) is 0 Å². The highest BCUT2D eigenvalue weighted by Gasteiger charge is 2.24. The summed E-state index contributed by atoms with van der Waals surface area (Å²) in [6, 6.07) is 0. The maximum Gasteiger partial charge on any atom is 0.330 e. The third kappa shape index (κ3) is 9.33. The normalized spacial score (nSPS) is 19.2. The Kier molecular flexibility index (Phi) is 11.5. The summed E-state index contributed by atoms with van der Waals surface area (Å²) in [6.07, 6.45) is 14.9. The van der Waals surface area contributed by atoms with Crippen LogP contribution in [0.25, 0.3) is 0 Å². The van der Waals surface area contributed by atoms with Gasteiger partial charge in [0.15, 0.2) is 0 Å². The minimum absolute atomic E-state index is 0.585. The number of hydrogen-bond acceptors (Lipinski definition) is 3. The van der Waals surface area contributed by atoms with Gasteiger partial charge in [0.05, 0.1) is 19.4 Å². The second kappa shape index (κ2) is 12.6. The van der Waals surface area contributed by atoms with E-state index in [-0.39, 0.29) is 0 Å². The third-order valence-corrected chi connectivity index (χ3v) is 6.63. The molecule has 0 aromatic carbocycles. The Morgan fingerprint density at radius 1 is 0.864 bits per heavy atom. The Hall–Kier alpha value is 0.150. The first-order valence-electron chi connectivity index (χ1n) is 9.58. The molecule has 3 nitrogen and oxygen atoms in total. The zero-order valence-corrected chi connectivity index (χ0v) is 15.8. The number of hydrogen-bond donors (Lipinski definition) is 0. The molecular formula is C18H37O3P. The predicted octanol–water partition coefficient (Wildman–Crippen LogP) is 6.56. The van der Waals surface area contributed by atoms with Crippen LogP contribution in [0.15, 0.2) is 0 Å². The molecule has 0 saturated heterocycles. The van der Waals surface area contributed by atoms with Crippen molar-refractivity contribution in [2.45, 2.75) is 90.9 Å². The van der Waals surface area contributed by atoms with Crippen LogP contribution in [0.3, 0.4) is 0 Å². The Bertz CT molecular complexity index is 301. The fourth-order valence-corrected chi connectivity index (χ4v) is 4.91. The van der Waals surface area contributed by atoms with E-state index in [1.54, 1.807) is 0 Å². The number of unbranched alkanes of at least 4 members (excludes halogenated alkanes) is 4. The van der Waals surface area contributed by atoms with Gasteiger partial charge in [-0.05, 0) is 25.2 Å². The number of rotatable bonds is 13. The van der Waals surface area contributed by atoms with Crippen molar-refractivity contribution >= 4 is 7.60 Å². The lowest BCUT2D eigenvalue weighted by Crippen LogP contribution is -2.10. The van der Waals surface area contributed by atoms with E-state index in [4.69, 9.17) is 9.05 Å². The van der Waals surface area contributed by atoms with Crippen molar-refractivity contribution in [3.8, 4) is 0 Å². The molecule has 0 N–H and O–H groups in total. The van der Waals surface area contributed by atoms with Crippen LogP contribution < -0.4 is 0 Å². The van der Waals surface area contributed by atoms with Gasteiger partial charge in [0.25, 0.3) is 0 Å². The predicted molar refractivity (Wildman–Crippen MR) is 94.6 cm³/mol. The summed E-state index contributed by atoms with van der Waals surface area (Å²) in [7, 11) is -2.85. The fraction of sp³-hybridized carbons (Fsp3) is 1.00. The summed E-state index contributed by atoms with van der Waals surface area (Å²) >= 11 is 0. The van der Waals surface area contributed by atoms with Crippen molar-refractivity contribution < 1.29 is 13.6 Å². The highest BCUT2D eigenvalue weighted by atomic mass is 31.2. The molecule has 1 rings (SSSR count). The van der Waals surface area contributed by atoms with E-state index in [2.05, 4.69) is 13.8 Å². The van der Waals surface area contributed by atoms with Crippen molar-refractivity contribution in [2.75, 3.05) is 19.4 Å². The van der Waals surface area contributed by atoms with Gasteiger partial charge in [-0.25, -0.2) is 0 Å². The van der Waals surface area contributed by atoms with Gasteiger partial charge in [-0.15, -0.1) is 0 Å². The maximum atomic E-state index is 12.8. The van der Waals surface area contributed by atoms with Gasteiger partial charge in [-0.3, -0.25) is 4.57 Å². The summed E-state index contributed by atoms with van der Waals surface area (Å²) < 4.78 is 24.3. The van der Waals surface area contributed by atoms with E-state index < -0.39 is 7.60 Å². The Morgan fingerprint density at radius 2 is 1.55 bits per heavy atom. The molecule has 1 fully saturated rings. The quantitative estimate of drug-likeness (QED) is 0.283. The summed E-state index contributed by atoms with van der Waals surface area (Å²) in [5, 5.41) is 0. The molecule has 0 aromatic heterocycles. The van der Waals surface area contributed by atoms with Crippen molar-refractivity contribution in [1.29, 1.82) is 0 Å². The van der Waals surface area contributed by atoms with Gasteiger partial charge in [0.2, 0.25) is 0 Å². The summed E-state index contributed by atoms with van der Waals surface area (Å²) in [5.41, 5.74) is 0. The van der Waals surface area contributed by atoms with Gasteiger partial charge < -0.3 is 9.05 Å². The molecule has 1 aliphatic rings. The first kappa shape index (κ1) is 20.2. The third-order valence-electron chi connectivity index (χ3n) is 4.61. The van der Waals surface area contributed by atoms with Crippen LogP contribution in [0.4, 0.5) is 0 Å². The summed E-state index contributed by atoms with van der Waals surface area (Å²) in [4.78, 5) is 0. The molecule has 0 spiro atoms. The first-order valence-corrected chi connectivity index (χ1v) is 11.3. The Balaban J connectivity index is 2.25. The molecule has 0 bridgehead atoms. The lowest BCUT2D eigenvalue weighted by Gasteiger charge is -2.23. The molecule has 4 heteroatoms. The van der Waals surface area contributed by atoms with Crippen LogP contribution >= 0.6 is 7.60 Å². The van der Waals surface area contributed by atoms with Gasteiger partial charge in [-0.1, -0.05) is 71.6 Å². The van der Waals surface area contributed by atoms with Crippen LogP contribution in [0, 0.1) is 5.92 Å². The molecule has 1 unspecified atom stereocenters. The topological polar surface area (TPSA) is 35.5 Å². The largest absolute Gasteiger partial charge is 0.330 e. The molecule has 0 heterocycles. The van der Waals surface area contributed by atoms with Gasteiger partial charge >= 0.3 is 7.60 Å². The molecule has 0 aromatic rings. The van der Waals surface area contributed by atoms with Crippen LogP contribution in [-0.4, -0.2) is 19.4 Å². The van der Waals surface area contributed by atoms with Crippen molar-refractivity contribution in [1.82, 2.24) is 0 Å². The van der Waals surface area contributed by atoms with Gasteiger partial charge in [0.1, 0.15) is 0 Å². The maximum absolute atomic E-state index is 12.8. The lowest BCUT2D eigenvalue weighted by molar-refractivity contribution is 0.182. The molecule has 0 amide bonds. The smallest absolute Gasteiger partial charge is 0.309 e. The molecule has 132 valence electrons. The highest BCUT2D eigenvalue weighted by molar-refractivity contribution is 7.53. The van der Waals surface area contributed by atoms with Crippen LogP contribution in [-0.2, 0) is 13.6 Å². The van der Waals surface area contributed by atoms with Crippen molar-refractivity contribution in [3.05, 3.63) is 0 Å². The standard InChI is InChI=1S/C18H37O3P/c1-3-5-7-11-15-20-22(19,17-6-4-2)21-16-14-18-12-9-8-10-13-18/h18H,3-17H2,1-2H3. The van der Waals surface area contributed by atoms with E-state index in [1.807, 2.05) is 0 Å². The lowest BCUT2D eigenvalue weighted by atomic mass is 9.87. The molecule has 0 radical (unpaired) electrons. The highest BCUT2D eigenvalue weighted by Crippen LogP contribution is 2.49. The average molecular weight is 332 g/mol. The minimum atomic E-state index is -2.85. The van der Waals surface area contributed by atoms with Crippen molar-refractivity contribution in [3.63, 3.8) is 0 Å². The van der Waals surface area contributed by atoms with Crippen LogP contribution in [0.2, 0.25) is 0 Å². The molecule has 22 heavy (non-hydrogen) atoms. The van der Waals surface area contributed by atoms with E-state index in [0.717, 1.165) is 38.0 Å². The zero-order chi connectivity index (χ0) is 16.1. The summed E-state index contributed by atoms with van der Waals surface area (Å²) in [6.45, 7) is 5.51. The molecule has 1 aliphatic carbocycles. The molecule has 0 aliphatic heterocycles. The SMILES string of the molecule is CCCCCCOP(=O)(CCCC)OCCC1CCCCC1. The second-order valence-electron chi connectivity index (χ2n) is 6.71. The molecule has 1 saturated carbocycles. The van der Waals surface area contributed by atoms with E-state index in [1.165, 1.54) is 44.9 Å². The Morgan fingerprint density at radius 3 is 2.23 bits per heavy atom. The molecular weight excluding hydrogens is 295 g/mol. The van der Waals surface area contributed by atoms with Gasteiger partial charge in [0, 0.05) is 0 Å². The van der Waals surface area contributed by atoms with Crippen LogP contribution in [0.5, 0.6) is 0 Å². The van der Waals surface area contributed by atoms with E-state index in [0.29, 0.717) is 19.4 Å². The van der Waals surface area contributed by atoms with E-state index in [9.17, 15) is 4.57 Å². The van der Waals surface area contributed by atoms with Crippen LogP contribution in [0.1, 0.15) is 90.9 Å². The van der Waals surface area contributed by atoms with E-state index >= 15 is 0 Å². The summed E-state index contributed by atoms with van der Waals surface area (Å²) in [5.74, 6) is 0.776. The minimum Gasteiger partial charge on any atom is -0.309 e. The Labute approximate surface area is 138 Å².